The molecule has 0 aliphatic rings. The van der Waals surface area contributed by atoms with Gasteiger partial charge in [0.2, 0.25) is 0 Å². The first kappa shape index (κ1) is 18.9. The second kappa shape index (κ2) is 7.05. The van der Waals surface area contributed by atoms with Gasteiger partial charge in [0.15, 0.2) is 15.5 Å². The van der Waals surface area contributed by atoms with E-state index in [4.69, 9.17) is 16.3 Å². The lowest BCUT2D eigenvalue weighted by Crippen LogP contribution is -2.03. The Morgan fingerprint density at radius 3 is 2.37 bits per heavy atom. The van der Waals surface area contributed by atoms with Crippen molar-refractivity contribution >= 4 is 27.4 Å². The lowest BCUT2D eigenvalue weighted by Gasteiger charge is -2.10. The molecule has 0 spiro atoms. The van der Waals surface area contributed by atoms with E-state index in [9.17, 15) is 18.3 Å². The SMILES string of the molecule is COc1cc(-n2nc(C(=O)O)cc2-c2ccc(S(C)(=O)=O)cc2)ccc1Cl. The highest BCUT2D eigenvalue weighted by molar-refractivity contribution is 7.90. The van der Waals surface area contributed by atoms with Crippen molar-refractivity contribution in [1.29, 1.82) is 0 Å². The molecule has 0 atom stereocenters. The molecule has 0 saturated carbocycles. The maximum atomic E-state index is 11.6. The van der Waals surface area contributed by atoms with Crippen molar-refractivity contribution in [2.45, 2.75) is 4.90 Å². The Bertz CT molecular complexity index is 1120. The van der Waals surface area contributed by atoms with Crippen LogP contribution in [0.25, 0.3) is 16.9 Å². The van der Waals surface area contributed by atoms with E-state index in [2.05, 4.69) is 5.10 Å². The average molecular weight is 407 g/mol. The molecule has 1 N–H and O–H groups in total. The summed E-state index contributed by atoms with van der Waals surface area (Å²) in [5.74, 6) is -0.761. The molecule has 9 heteroatoms. The summed E-state index contributed by atoms with van der Waals surface area (Å²) in [6.45, 7) is 0. The van der Waals surface area contributed by atoms with Crippen LogP contribution in [0.4, 0.5) is 0 Å². The smallest absolute Gasteiger partial charge is 0.356 e. The van der Waals surface area contributed by atoms with Gasteiger partial charge in [-0.2, -0.15) is 5.10 Å². The van der Waals surface area contributed by atoms with E-state index in [1.165, 1.54) is 30.0 Å². The number of ether oxygens (including phenoxy) is 1. The summed E-state index contributed by atoms with van der Waals surface area (Å²) in [6.07, 6.45) is 1.12. The first-order chi connectivity index (χ1) is 12.7. The lowest BCUT2D eigenvalue weighted by molar-refractivity contribution is 0.0690. The first-order valence-electron chi connectivity index (χ1n) is 7.68. The van der Waals surface area contributed by atoms with Gasteiger partial charge in [-0.1, -0.05) is 23.7 Å². The lowest BCUT2D eigenvalue weighted by atomic mass is 10.1. The second-order valence-corrected chi connectivity index (χ2v) is 8.17. The van der Waals surface area contributed by atoms with Crippen LogP contribution >= 0.6 is 11.6 Å². The Balaban J connectivity index is 2.17. The van der Waals surface area contributed by atoms with Crippen LogP contribution in [0.5, 0.6) is 5.75 Å². The summed E-state index contributed by atoms with van der Waals surface area (Å²) in [5, 5.41) is 13.9. The van der Waals surface area contributed by atoms with Crippen molar-refractivity contribution in [3.63, 3.8) is 0 Å². The number of carboxylic acids is 1. The quantitative estimate of drug-likeness (QED) is 0.698. The predicted octanol–water partition coefficient (Wildman–Crippen LogP) is 3.30. The number of hydrogen-bond acceptors (Lipinski definition) is 5. The Morgan fingerprint density at radius 1 is 1.15 bits per heavy atom. The molecule has 0 unspecified atom stereocenters. The van der Waals surface area contributed by atoms with E-state index in [-0.39, 0.29) is 10.6 Å². The van der Waals surface area contributed by atoms with Gasteiger partial charge in [-0.25, -0.2) is 17.9 Å². The molecule has 0 aliphatic heterocycles. The number of methoxy groups -OCH3 is 1. The molecule has 3 aromatic rings. The van der Waals surface area contributed by atoms with Gasteiger partial charge in [0.25, 0.3) is 0 Å². The molecule has 0 bridgehead atoms. The van der Waals surface area contributed by atoms with Gasteiger partial charge in [-0.3, -0.25) is 0 Å². The van der Waals surface area contributed by atoms with Gasteiger partial charge < -0.3 is 9.84 Å². The normalized spacial score (nSPS) is 11.4. The fraction of sp³-hybridized carbons (Fsp3) is 0.111. The van der Waals surface area contributed by atoms with Crippen LogP contribution in [0.1, 0.15) is 10.5 Å². The molecule has 0 radical (unpaired) electrons. The van der Waals surface area contributed by atoms with E-state index in [1.54, 1.807) is 30.3 Å². The Labute approximate surface area is 160 Å². The molecular formula is C18H15ClN2O5S. The van der Waals surface area contributed by atoms with Gasteiger partial charge in [-0.15, -0.1) is 0 Å². The van der Waals surface area contributed by atoms with Gasteiger partial charge in [-0.05, 0) is 30.3 Å². The molecule has 2 aromatic carbocycles. The number of halogens is 1. The van der Waals surface area contributed by atoms with E-state index in [0.29, 0.717) is 27.7 Å². The number of aromatic carboxylic acids is 1. The highest BCUT2D eigenvalue weighted by Gasteiger charge is 2.17. The summed E-state index contributed by atoms with van der Waals surface area (Å²) in [7, 11) is -1.86. The molecular weight excluding hydrogens is 392 g/mol. The average Bonchev–Trinajstić information content (AvgIpc) is 3.07. The molecule has 3 rings (SSSR count). The number of rotatable bonds is 5. The highest BCUT2D eigenvalue weighted by Crippen LogP contribution is 2.30. The van der Waals surface area contributed by atoms with Crippen LogP contribution in [-0.4, -0.2) is 42.6 Å². The highest BCUT2D eigenvalue weighted by atomic mass is 35.5. The van der Waals surface area contributed by atoms with Crippen LogP contribution in [0.15, 0.2) is 53.4 Å². The number of carboxylic acid groups (broad SMARTS) is 1. The molecule has 0 amide bonds. The zero-order valence-electron chi connectivity index (χ0n) is 14.4. The van der Waals surface area contributed by atoms with Crippen LogP contribution in [0.3, 0.4) is 0 Å². The maximum Gasteiger partial charge on any atom is 0.356 e. The number of hydrogen-bond donors (Lipinski definition) is 1. The van der Waals surface area contributed by atoms with E-state index < -0.39 is 15.8 Å². The van der Waals surface area contributed by atoms with E-state index in [1.807, 2.05) is 0 Å². The van der Waals surface area contributed by atoms with Crippen molar-refractivity contribution < 1.29 is 23.1 Å². The number of carbonyl (C=O) groups is 1. The van der Waals surface area contributed by atoms with Crippen molar-refractivity contribution in [1.82, 2.24) is 9.78 Å². The molecule has 7 nitrogen and oxygen atoms in total. The van der Waals surface area contributed by atoms with Gasteiger partial charge in [0.1, 0.15) is 5.75 Å². The molecule has 27 heavy (non-hydrogen) atoms. The zero-order chi connectivity index (χ0) is 19.8. The molecule has 0 saturated heterocycles. The molecule has 0 fully saturated rings. The zero-order valence-corrected chi connectivity index (χ0v) is 16.0. The third-order valence-corrected chi connectivity index (χ3v) is 5.33. The standard InChI is InChI=1S/C18H15ClN2O5S/c1-26-17-9-12(5-8-14(17)19)21-16(10-15(20-21)18(22)23)11-3-6-13(7-4-11)27(2,24)25/h3-10H,1-2H3,(H,22,23). The summed E-state index contributed by atoms with van der Waals surface area (Å²) in [6, 6.07) is 12.5. The molecule has 0 aliphatic carbocycles. The summed E-state index contributed by atoms with van der Waals surface area (Å²) in [4.78, 5) is 11.6. The van der Waals surface area contributed by atoms with Gasteiger partial charge >= 0.3 is 5.97 Å². The van der Waals surface area contributed by atoms with E-state index >= 15 is 0 Å². The van der Waals surface area contributed by atoms with E-state index in [0.717, 1.165) is 6.26 Å². The number of benzene rings is 2. The third kappa shape index (κ3) is 3.81. The third-order valence-electron chi connectivity index (χ3n) is 3.89. The minimum atomic E-state index is -3.33. The molecule has 1 aromatic heterocycles. The minimum Gasteiger partial charge on any atom is -0.495 e. The van der Waals surface area contributed by atoms with Crippen molar-refractivity contribution in [3.05, 3.63) is 59.2 Å². The molecule has 1 heterocycles. The van der Waals surface area contributed by atoms with Crippen LogP contribution < -0.4 is 4.74 Å². The summed E-state index contributed by atoms with van der Waals surface area (Å²) < 4.78 is 29.9. The minimum absolute atomic E-state index is 0.147. The topological polar surface area (TPSA) is 98.5 Å². The van der Waals surface area contributed by atoms with Crippen LogP contribution in [0, 0.1) is 0 Å². The Morgan fingerprint density at radius 2 is 1.81 bits per heavy atom. The molecule has 140 valence electrons. The maximum absolute atomic E-state index is 11.6. The van der Waals surface area contributed by atoms with Crippen molar-refractivity contribution in [2.75, 3.05) is 13.4 Å². The van der Waals surface area contributed by atoms with Crippen LogP contribution in [0.2, 0.25) is 5.02 Å². The van der Waals surface area contributed by atoms with Gasteiger partial charge in [0, 0.05) is 17.9 Å². The Kier molecular flexibility index (Phi) is 4.95. The monoisotopic (exact) mass is 406 g/mol. The van der Waals surface area contributed by atoms with Gasteiger partial charge in [0.05, 0.1) is 28.4 Å². The van der Waals surface area contributed by atoms with Crippen LogP contribution in [-0.2, 0) is 9.84 Å². The second-order valence-electron chi connectivity index (χ2n) is 5.75. The summed E-state index contributed by atoms with van der Waals surface area (Å²) >= 11 is 6.05. The number of aromatic nitrogens is 2. The fourth-order valence-corrected chi connectivity index (χ4v) is 3.37. The number of nitrogens with zero attached hydrogens (tertiary/aromatic N) is 2. The first-order valence-corrected chi connectivity index (χ1v) is 9.95. The predicted molar refractivity (Wildman–Crippen MR) is 101 cm³/mol. The summed E-state index contributed by atoms with van der Waals surface area (Å²) in [5.41, 5.74) is 1.49. The van der Waals surface area contributed by atoms with Crippen molar-refractivity contribution in [3.8, 4) is 22.7 Å². The number of sulfone groups is 1. The Hall–Kier alpha value is -2.84. The van der Waals surface area contributed by atoms with Crippen molar-refractivity contribution in [2.24, 2.45) is 0 Å². The largest absolute Gasteiger partial charge is 0.495 e. The fourth-order valence-electron chi connectivity index (χ4n) is 2.54.